The molecule has 0 unspecified atom stereocenters. The normalized spacial score (nSPS) is 10.5. The lowest BCUT2D eigenvalue weighted by Gasteiger charge is -2.10. The number of hydrogen-bond acceptors (Lipinski definition) is 4. The number of carbonyl (C=O) groups excluding carboxylic acids is 1. The van der Waals surface area contributed by atoms with E-state index in [1.165, 1.54) is 0 Å². The number of hydrogen-bond donors (Lipinski definition) is 3. The smallest absolute Gasteiger partial charge is 0.405 e. The molecule has 0 aliphatic rings. The minimum Gasteiger partial charge on any atom is -0.483 e. The largest absolute Gasteiger partial charge is 0.483 e. The van der Waals surface area contributed by atoms with Crippen LogP contribution >= 0.6 is 0 Å². The third-order valence-corrected chi connectivity index (χ3v) is 4.53. The molecule has 0 atom stereocenters. The monoisotopic (exact) mass is 484 g/mol. The molecule has 9 nitrogen and oxygen atoms in total. The highest BCUT2D eigenvalue weighted by atomic mass is 19.4. The van der Waals surface area contributed by atoms with E-state index >= 15 is 0 Å². The van der Waals surface area contributed by atoms with E-state index in [0.717, 1.165) is 22.5 Å². The first-order chi connectivity index (χ1) is 16.7. The van der Waals surface area contributed by atoms with Gasteiger partial charge in [0.1, 0.15) is 17.9 Å². The zero-order valence-corrected chi connectivity index (χ0v) is 18.2. The van der Waals surface area contributed by atoms with Gasteiger partial charge in [0.25, 0.3) is 6.47 Å². The van der Waals surface area contributed by atoms with Crippen LogP contribution in [0.5, 0.6) is 0 Å². The summed E-state index contributed by atoms with van der Waals surface area (Å²) in [5.74, 6) is 6.14. The fourth-order valence-electron chi connectivity index (χ4n) is 3.00. The molecule has 0 radical (unpaired) electrons. The van der Waals surface area contributed by atoms with Crippen molar-refractivity contribution >= 4 is 23.8 Å². The van der Waals surface area contributed by atoms with Gasteiger partial charge in [0.15, 0.2) is 0 Å². The molecule has 180 valence electrons. The minimum atomic E-state index is -4.48. The minimum absolute atomic E-state index is 0.250. The van der Waals surface area contributed by atoms with Crippen molar-refractivity contribution in [1.29, 1.82) is 0 Å². The lowest BCUT2D eigenvalue weighted by molar-refractivity contribution is -0.123. The first-order valence-corrected chi connectivity index (χ1v) is 9.95. The van der Waals surface area contributed by atoms with Gasteiger partial charge in [-0.2, -0.15) is 13.2 Å². The number of halogens is 3. The number of carboxylic acid groups (broad SMARTS) is 1. The Balaban J connectivity index is 0.00000108. The highest BCUT2D eigenvalue weighted by Crippen LogP contribution is 2.24. The summed E-state index contributed by atoms with van der Waals surface area (Å²) < 4.78 is 40.4. The maximum absolute atomic E-state index is 12.3. The molecule has 4 aromatic rings. The summed E-state index contributed by atoms with van der Waals surface area (Å²) in [5.41, 5.74) is 4.10. The number of urea groups is 1. The summed E-state index contributed by atoms with van der Waals surface area (Å²) in [4.78, 5) is 28.5. The first kappa shape index (κ1) is 24.8. The quantitative estimate of drug-likeness (QED) is 0.304. The maximum Gasteiger partial charge on any atom is 0.405 e. The SMILES string of the molecule is Cn1cncc1C#Cc1ccn2c(-c3cccc(NC(=O)NCC(F)(F)F)c3)cnc2c1.O=CO. The molecule has 0 saturated heterocycles. The molecule has 12 heteroatoms. The summed E-state index contributed by atoms with van der Waals surface area (Å²) in [6, 6.07) is 9.53. The molecule has 2 amide bonds. The van der Waals surface area contributed by atoms with Crippen LogP contribution in [-0.4, -0.2) is 49.3 Å². The number of fused-ring (bicyclic) bond motifs is 1. The molecule has 3 N–H and O–H groups in total. The highest BCUT2D eigenvalue weighted by molar-refractivity contribution is 5.90. The standard InChI is InChI=1S/C22H17F3N6O.CH2O2/c1-30-14-26-11-18(30)6-5-15-7-8-31-19(12-27-20(31)9-15)16-3-2-4-17(10-16)29-21(32)28-13-22(23,24)25;2-1-3/h2-4,7-12,14H,13H2,1H3,(H2,28,29,32);1H,(H,2,3). The third kappa shape index (κ3) is 6.84. The molecule has 4 rings (SSSR count). The van der Waals surface area contributed by atoms with E-state index in [-0.39, 0.29) is 6.47 Å². The number of rotatable bonds is 3. The number of anilines is 1. The van der Waals surface area contributed by atoms with E-state index in [2.05, 4.69) is 27.1 Å². The molecule has 35 heavy (non-hydrogen) atoms. The second-order valence-corrected chi connectivity index (χ2v) is 7.04. The Bertz CT molecular complexity index is 1400. The van der Waals surface area contributed by atoms with Crippen LogP contribution in [0.25, 0.3) is 16.9 Å². The number of benzene rings is 1. The van der Waals surface area contributed by atoms with Crippen molar-refractivity contribution in [2.75, 3.05) is 11.9 Å². The average molecular weight is 484 g/mol. The van der Waals surface area contributed by atoms with Crippen molar-refractivity contribution in [2.24, 2.45) is 7.05 Å². The van der Waals surface area contributed by atoms with Gasteiger partial charge >= 0.3 is 12.2 Å². The van der Waals surface area contributed by atoms with E-state index < -0.39 is 18.8 Å². The van der Waals surface area contributed by atoms with Gasteiger partial charge < -0.3 is 20.3 Å². The van der Waals surface area contributed by atoms with E-state index in [4.69, 9.17) is 9.90 Å². The van der Waals surface area contributed by atoms with Crippen LogP contribution in [-0.2, 0) is 11.8 Å². The van der Waals surface area contributed by atoms with Gasteiger partial charge in [0.05, 0.1) is 24.4 Å². The second-order valence-electron chi connectivity index (χ2n) is 7.04. The predicted molar refractivity (Wildman–Crippen MR) is 122 cm³/mol. The van der Waals surface area contributed by atoms with Crippen molar-refractivity contribution in [2.45, 2.75) is 6.18 Å². The van der Waals surface area contributed by atoms with Crippen LogP contribution in [0.1, 0.15) is 11.3 Å². The van der Waals surface area contributed by atoms with Crippen LogP contribution in [0.2, 0.25) is 0 Å². The Morgan fingerprint density at radius 3 is 2.66 bits per heavy atom. The Morgan fingerprint density at radius 1 is 1.20 bits per heavy atom. The number of nitrogens with one attached hydrogen (secondary N) is 2. The van der Waals surface area contributed by atoms with Gasteiger partial charge in [-0.1, -0.05) is 18.1 Å². The maximum atomic E-state index is 12.3. The molecule has 0 aliphatic carbocycles. The first-order valence-electron chi connectivity index (χ1n) is 9.95. The van der Waals surface area contributed by atoms with Crippen molar-refractivity contribution in [3.63, 3.8) is 0 Å². The van der Waals surface area contributed by atoms with Gasteiger partial charge in [-0.3, -0.25) is 9.20 Å². The Kier molecular flexibility index (Phi) is 7.73. The molecule has 0 saturated carbocycles. The van der Waals surface area contributed by atoms with Crippen molar-refractivity contribution in [3.05, 3.63) is 72.6 Å². The average Bonchev–Trinajstić information content (AvgIpc) is 3.42. The summed E-state index contributed by atoms with van der Waals surface area (Å²) in [6.07, 6.45) is 2.40. The summed E-state index contributed by atoms with van der Waals surface area (Å²) >= 11 is 0. The predicted octanol–water partition coefficient (Wildman–Crippen LogP) is 3.52. The van der Waals surface area contributed by atoms with Crippen LogP contribution in [0.3, 0.4) is 0 Å². The number of nitrogens with zero attached hydrogens (tertiary/aromatic N) is 4. The van der Waals surface area contributed by atoms with Gasteiger partial charge in [-0.25, -0.2) is 14.8 Å². The van der Waals surface area contributed by atoms with Gasteiger partial charge in [-0.05, 0) is 30.2 Å². The molecule has 3 aromatic heterocycles. The number of aryl methyl sites for hydroxylation is 1. The molecule has 0 bridgehead atoms. The zero-order valence-electron chi connectivity index (χ0n) is 18.2. The number of carbonyl (C=O) groups is 2. The lowest BCUT2D eigenvalue weighted by Crippen LogP contribution is -2.36. The van der Waals surface area contributed by atoms with Crippen molar-refractivity contribution < 1.29 is 27.9 Å². The molecular weight excluding hydrogens is 465 g/mol. The zero-order chi connectivity index (χ0) is 25.4. The van der Waals surface area contributed by atoms with Gasteiger partial charge in [0.2, 0.25) is 0 Å². The van der Waals surface area contributed by atoms with E-state index in [1.807, 2.05) is 40.4 Å². The van der Waals surface area contributed by atoms with Crippen LogP contribution in [0.15, 0.2) is 61.3 Å². The van der Waals surface area contributed by atoms with Crippen LogP contribution in [0, 0.1) is 11.8 Å². The molecule has 3 heterocycles. The second kappa shape index (κ2) is 10.9. The third-order valence-electron chi connectivity index (χ3n) is 4.53. The number of amides is 2. The fourth-order valence-corrected chi connectivity index (χ4v) is 3.00. The van der Waals surface area contributed by atoms with E-state index in [0.29, 0.717) is 11.3 Å². The van der Waals surface area contributed by atoms with Crippen LogP contribution < -0.4 is 10.6 Å². The topological polar surface area (TPSA) is 114 Å². The number of imidazole rings is 2. The van der Waals surface area contributed by atoms with Crippen LogP contribution in [0.4, 0.5) is 23.7 Å². The Morgan fingerprint density at radius 2 is 1.97 bits per heavy atom. The molecular formula is C23H19F3N6O3. The summed E-state index contributed by atoms with van der Waals surface area (Å²) in [7, 11) is 1.87. The fraction of sp³-hybridized carbons (Fsp3) is 0.130. The number of pyridine rings is 1. The molecule has 1 aromatic carbocycles. The highest BCUT2D eigenvalue weighted by Gasteiger charge is 2.27. The Labute approximate surface area is 197 Å². The van der Waals surface area contributed by atoms with E-state index in [1.54, 1.807) is 42.2 Å². The van der Waals surface area contributed by atoms with Crippen molar-refractivity contribution in [3.8, 4) is 23.1 Å². The van der Waals surface area contributed by atoms with Gasteiger partial charge in [-0.15, -0.1) is 0 Å². The van der Waals surface area contributed by atoms with Crippen molar-refractivity contribution in [1.82, 2.24) is 24.3 Å². The lowest BCUT2D eigenvalue weighted by atomic mass is 10.1. The molecule has 0 aliphatic heterocycles. The van der Waals surface area contributed by atoms with E-state index in [9.17, 15) is 18.0 Å². The number of alkyl halides is 3. The Hall–Kier alpha value is -4.79. The number of aromatic nitrogens is 4. The molecule has 0 spiro atoms. The molecule has 0 fully saturated rings. The van der Waals surface area contributed by atoms with Gasteiger partial charge in [0, 0.05) is 30.1 Å². The summed E-state index contributed by atoms with van der Waals surface area (Å²) in [6.45, 7) is -1.66. The summed E-state index contributed by atoms with van der Waals surface area (Å²) in [5, 5.41) is 11.1.